The Kier molecular flexibility index (Phi) is 8.46. The minimum Gasteiger partial charge on any atom is -0.383 e. The van der Waals surface area contributed by atoms with Crippen molar-refractivity contribution in [2.45, 2.75) is 33.6 Å². The van der Waals surface area contributed by atoms with Gasteiger partial charge in [-0.1, -0.05) is 27.2 Å². The molecule has 0 heterocycles. The van der Waals surface area contributed by atoms with Crippen molar-refractivity contribution in [3.05, 3.63) is 0 Å². The van der Waals surface area contributed by atoms with E-state index in [1.54, 1.807) is 7.11 Å². The van der Waals surface area contributed by atoms with E-state index in [2.05, 4.69) is 26.1 Å². The van der Waals surface area contributed by atoms with E-state index in [4.69, 9.17) is 4.74 Å². The number of hydrogen-bond acceptors (Lipinski definition) is 2. The van der Waals surface area contributed by atoms with Crippen LogP contribution in [-0.4, -0.2) is 26.8 Å². The summed E-state index contributed by atoms with van der Waals surface area (Å²) in [6.45, 7) is 9.78. The minimum absolute atomic E-state index is 0.814. The first-order valence-corrected chi connectivity index (χ1v) is 5.40. The predicted octanol–water partition coefficient (Wildman–Crippen LogP) is 2.29. The van der Waals surface area contributed by atoms with Crippen LogP contribution in [0.5, 0.6) is 0 Å². The van der Waals surface area contributed by atoms with Gasteiger partial charge in [0.05, 0.1) is 6.61 Å². The van der Waals surface area contributed by atoms with Gasteiger partial charge in [-0.2, -0.15) is 0 Å². The summed E-state index contributed by atoms with van der Waals surface area (Å²) in [4.78, 5) is 0. The zero-order valence-electron chi connectivity index (χ0n) is 9.60. The Morgan fingerprint density at radius 1 is 1.31 bits per heavy atom. The zero-order valence-corrected chi connectivity index (χ0v) is 9.60. The maximum Gasteiger partial charge on any atom is 0.0587 e. The van der Waals surface area contributed by atoms with E-state index >= 15 is 0 Å². The largest absolute Gasteiger partial charge is 0.383 e. The van der Waals surface area contributed by atoms with Crippen LogP contribution >= 0.6 is 0 Å². The van der Waals surface area contributed by atoms with Crippen LogP contribution in [0.15, 0.2) is 0 Å². The van der Waals surface area contributed by atoms with E-state index in [-0.39, 0.29) is 0 Å². The molecular formula is C11H25NO. The summed E-state index contributed by atoms with van der Waals surface area (Å²) in [5, 5.41) is 3.42. The topological polar surface area (TPSA) is 21.3 Å². The van der Waals surface area contributed by atoms with Gasteiger partial charge in [0.25, 0.3) is 0 Å². The minimum atomic E-state index is 0.814. The third-order valence-electron chi connectivity index (χ3n) is 2.30. The molecule has 0 bridgehead atoms. The number of methoxy groups -OCH3 is 1. The summed E-state index contributed by atoms with van der Waals surface area (Å²) >= 11 is 0. The van der Waals surface area contributed by atoms with Crippen LogP contribution in [0.4, 0.5) is 0 Å². The molecule has 2 heteroatoms. The maximum absolute atomic E-state index is 4.98. The summed E-state index contributed by atoms with van der Waals surface area (Å²) in [5.41, 5.74) is 0. The average Bonchev–Trinajstić information content (AvgIpc) is 2.09. The normalized spacial score (nSPS) is 13.6. The Morgan fingerprint density at radius 3 is 2.46 bits per heavy atom. The SMILES string of the molecule is CCC(CNCCOC)CC(C)C. The fourth-order valence-corrected chi connectivity index (χ4v) is 1.54. The molecule has 80 valence electrons. The van der Waals surface area contributed by atoms with Crippen molar-refractivity contribution in [3.63, 3.8) is 0 Å². The molecule has 13 heavy (non-hydrogen) atoms. The third kappa shape index (κ3) is 8.26. The van der Waals surface area contributed by atoms with Crippen LogP contribution in [0.2, 0.25) is 0 Å². The fourth-order valence-electron chi connectivity index (χ4n) is 1.54. The number of hydrogen-bond donors (Lipinski definition) is 1. The second kappa shape index (κ2) is 8.52. The number of nitrogens with one attached hydrogen (secondary N) is 1. The lowest BCUT2D eigenvalue weighted by atomic mass is 9.95. The Morgan fingerprint density at radius 2 is 2.00 bits per heavy atom. The summed E-state index contributed by atoms with van der Waals surface area (Å²) in [6.07, 6.45) is 2.61. The van der Waals surface area contributed by atoms with Crippen molar-refractivity contribution in [3.8, 4) is 0 Å². The van der Waals surface area contributed by atoms with Crippen LogP contribution in [0.25, 0.3) is 0 Å². The molecule has 0 fully saturated rings. The van der Waals surface area contributed by atoms with Gasteiger partial charge >= 0.3 is 0 Å². The molecule has 0 aromatic carbocycles. The van der Waals surface area contributed by atoms with Crippen molar-refractivity contribution >= 4 is 0 Å². The summed E-state index contributed by atoms with van der Waals surface area (Å²) in [7, 11) is 1.74. The van der Waals surface area contributed by atoms with E-state index in [0.29, 0.717) is 0 Å². The monoisotopic (exact) mass is 187 g/mol. The molecule has 0 aliphatic carbocycles. The molecule has 1 atom stereocenters. The highest BCUT2D eigenvalue weighted by atomic mass is 16.5. The maximum atomic E-state index is 4.98. The highest BCUT2D eigenvalue weighted by Gasteiger charge is 2.07. The molecule has 0 spiro atoms. The average molecular weight is 187 g/mol. The summed E-state index contributed by atoms with van der Waals surface area (Å²) in [6, 6.07) is 0. The van der Waals surface area contributed by atoms with Crippen LogP contribution in [0.3, 0.4) is 0 Å². The van der Waals surface area contributed by atoms with Crippen molar-refractivity contribution in [2.75, 3.05) is 26.8 Å². The first-order chi connectivity index (χ1) is 6.20. The van der Waals surface area contributed by atoms with Crippen molar-refractivity contribution in [2.24, 2.45) is 11.8 Å². The molecule has 0 saturated carbocycles. The lowest BCUT2D eigenvalue weighted by Crippen LogP contribution is -2.26. The Bertz CT molecular complexity index is 104. The molecule has 0 rings (SSSR count). The Labute approximate surface area is 83.1 Å². The fraction of sp³-hybridized carbons (Fsp3) is 1.00. The van der Waals surface area contributed by atoms with E-state index in [0.717, 1.165) is 31.5 Å². The van der Waals surface area contributed by atoms with Gasteiger partial charge in [0.15, 0.2) is 0 Å². The van der Waals surface area contributed by atoms with Gasteiger partial charge in [-0.25, -0.2) is 0 Å². The standard InChI is InChI=1S/C11H25NO/c1-5-11(8-10(2)3)9-12-6-7-13-4/h10-12H,5-9H2,1-4H3. The molecule has 0 aromatic rings. The van der Waals surface area contributed by atoms with Crippen molar-refractivity contribution in [1.29, 1.82) is 0 Å². The smallest absolute Gasteiger partial charge is 0.0587 e. The highest BCUT2D eigenvalue weighted by molar-refractivity contribution is 4.62. The highest BCUT2D eigenvalue weighted by Crippen LogP contribution is 2.13. The van der Waals surface area contributed by atoms with Gasteiger partial charge in [0.1, 0.15) is 0 Å². The van der Waals surface area contributed by atoms with Gasteiger partial charge in [0.2, 0.25) is 0 Å². The van der Waals surface area contributed by atoms with Crippen LogP contribution in [0, 0.1) is 11.8 Å². The lowest BCUT2D eigenvalue weighted by molar-refractivity contribution is 0.196. The van der Waals surface area contributed by atoms with Gasteiger partial charge < -0.3 is 10.1 Å². The van der Waals surface area contributed by atoms with Gasteiger partial charge in [-0.15, -0.1) is 0 Å². The molecule has 0 amide bonds. The predicted molar refractivity (Wildman–Crippen MR) is 58.0 cm³/mol. The molecule has 2 nitrogen and oxygen atoms in total. The zero-order chi connectivity index (χ0) is 10.1. The molecular weight excluding hydrogens is 162 g/mol. The van der Waals surface area contributed by atoms with Crippen LogP contribution in [-0.2, 0) is 4.74 Å². The van der Waals surface area contributed by atoms with Crippen LogP contribution < -0.4 is 5.32 Å². The quantitative estimate of drug-likeness (QED) is 0.589. The molecule has 0 saturated heterocycles. The Balaban J connectivity index is 3.36. The summed E-state index contributed by atoms with van der Waals surface area (Å²) in [5.74, 6) is 1.64. The Hall–Kier alpha value is -0.0800. The van der Waals surface area contributed by atoms with Crippen molar-refractivity contribution < 1.29 is 4.74 Å². The number of rotatable bonds is 8. The van der Waals surface area contributed by atoms with E-state index < -0.39 is 0 Å². The molecule has 0 aliphatic rings. The first-order valence-electron chi connectivity index (χ1n) is 5.40. The third-order valence-corrected chi connectivity index (χ3v) is 2.30. The second-order valence-electron chi connectivity index (χ2n) is 4.10. The molecule has 1 unspecified atom stereocenters. The number of ether oxygens (including phenoxy) is 1. The first kappa shape index (κ1) is 12.9. The van der Waals surface area contributed by atoms with Gasteiger partial charge in [0, 0.05) is 13.7 Å². The van der Waals surface area contributed by atoms with Gasteiger partial charge in [-0.05, 0) is 24.8 Å². The van der Waals surface area contributed by atoms with E-state index in [1.165, 1.54) is 12.8 Å². The summed E-state index contributed by atoms with van der Waals surface area (Å²) < 4.78 is 4.98. The second-order valence-corrected chi connectivity index (χ2v) is 4.10. The van der Waals surface area contributed by atoms with E-state index in [9.17, 15) is 0 Å². The lowest BCUT2D eigenvalue weighted by Gasteiger charge is -2.17. The molecule has 1 N–H and O–H groups in total. The van der Waals surface area contributed by atoms with Crippen molar-refractivity contribution in [1.82, 2.24) is 5.32 Å². The molecule has 0 aliphatic heterocycles. The molecule has 0 aromatic heterocycles. The van der Waals surface area contributed by atoms with E-state index in [1.807, 2.05) is 0 Å². The van der Waals surface area contributed by atoms with Gasteiger partial charge in [-0.3, -0.25) is 0 Å². The molecule has 0 radical (unpaired) electrons. The van der Waals surface area contributed by atoms with Crippen LogP contribution in [0.1, 0.15) is 33.6 Å².